The number of nitrogens with zero attached hydrogens (tertiary/aromatic N) is 7. The van der Waals surface area contributed by atoms with Crippen molar-refractivity contribution in [3.05, 3.63) is 68.0 Å². The van der Waals surface area contributed by atoms with Gasteiger partial charge in [0.1, 0.15) is 58.1 Å². The number of aliphatic imine (C=N–C) groups is 1. The van der Waals surface area contributed by atoms with E-state index in [-0.39, 0.29) is 4.90 Å². The van der Waals surface area contributed by atoms with Crippen LogP contribution >= 0.6 is 0 Å². The summed E-state index contributed by atoms with van der Waals surface area (Å²) < 4.78 is 119. The molecule has 1 aromatic rings. The predicted octanol–water partition coefficient (Wildman–Crippen LogP) is 2.99. The van der Waals surface area contributed by atoms with Crippen molar-refractivity contribution in [2.24, 2.45) is 4.99 Å². The van der Waals surface area contributed by atoms with Crippen molar-refractivity contribution in [3.63, 3.8) is 0 Å². The minimum absolute atomic E-state index is 0.273. The van der Waals surface area contributed by atoms with Crippen LogP contribution in [0.25, 0.3) is 17.1 Å². The molecule has 176 valence electrons. The molecule has 7 nitrogen and oxygen atoms in total. The lowest BCUT2D eigenvalue weighted by molar-refractivity contribution is 0.278. The fourth-order valence-electron chi connectivity index (χ4n) is 3.65. The van der Waals surface area contributed by atoms with Crippen LogP contribution in [0.5, 0.6) is 0 Å². The third-order valence-corrected chi connectivity index (χ3v) is 5.15. The Balaban J connectivity index is 2.24. The number of rotatable bonds is 0. The van der Waals surface area contributed by atoms with Crippen molar-refractivity contribution in [2.45, 2.75) is 6.17 Å². The van der Waals surface area contributed by atoms with E-state index in [1.807, 2.05) is 0 Å². The fraction of sp³-hybridized carbons (Fsp3) is 0.0476. The molecule has 0 saturated carbocycles. The molecular weight excluding hydrogens is 502 g/mol. The monoisotopic (exact) mass is 503 g/mol. The Labute approximate surface area is 193 Å². The molecule has 1 aromatic heterocycles. The first-order valence-corrected chi connectivity index (χ1v) is 9.08. The minimum Gasteiger partial charge on any atom is -0.283 e. The zero-order valence-corrected chi connectivity index (χ0v) is 16.7. The number of fused-ring (bicyclic) bond motifs is 4. The highest BCUT2D eigenvalue weighted by atomic mass is 19.2. The first-order chi connectivity index (χ1) is 17.0. The molecule has 4 heterocycles. The highest BCUT2D eigenvalue weighted by molar-refractivity contribution is 6.01. The van der Waals surface area contributed by atoms with Crippen LogP contribution in [0.3, 0.4) is 0 Å². The first kappa shape index (κ1) is 23.9. The second-order valence-electron chi connectivity index (χ2n) is 6.86. The molecule has 0 aromatic carbocycles. The summed E-state index contributed by atoms with van der Waals surface area (Å²) in [5, 5.41) is 32.6. The average Bonchev–Trinajstić information content (AvgIpc) is 2.84. The van der Waals surface area contributed by atoms with E-state index < -0.39 is 97.3 Å². The molecule has 1 atom stereocenters. The van der Waals surface area contributed by atoms with Crippen molar-refractivity contribution in [1.29, 1.82) is 21.0 Å². The van der Waals surface area contributed by atoms with Crippen LogP contribution in [0.1, 0.15) is 5.56 Å². The van der Waals surface area contributed by atoms with Crippen molar-refractivity contribution >= 4 is 23.1 Å². The third kappa shape index (κ3) is 2.93. The van der Waals surface area contributed by atoms with E-state index in [4.69, 9.17) is 21.0 Å². The van der Waals surface area contributed by atoms with E-state index in [1.165, 1.54) is 0 Å². The van der Waals surface area contributed by atoms with Gasteiger partial charge in [-0.2, -0.15) is 34.2 Å². The molecule has 0 saturated heterocycles. The van der Waals surface area contributed by atoms with Gasteiger partial charge in [0.05, 0.1) is 21.9 Å². The van der Waals surface area contributed by atoms with Crippen molar-refractivity contribution in [3.8, 4) is 24.3 Å². The van der Waals surface area contributed by atoms with Gasteiger partial charge in [0, 0.05) is 0 Å². The fourth-order valence-corrected chi connectivity index (χ4v) is 3.65. The molecule has 36 heavy (non-hydrogen) atoms. The second-order valence-corrected chi connectivity index (χ2v) is 6.86. The van der Waals surface area contributed by atoms with Crippen LogP contribution in [0.4, 0.5) is 35.1 Å². The standard InChI is InChI=1S/C21HF8N7/c22-11-7(5(1-30)2-31)18(27)34-16-9(11)14(25)20(29)36-17(16)15(26)13(24)10-12(23)8(6(3-32)4-33)19(28)35-21(10)36/h21H. The summed E-state index contributed by atoms with van der Waals surface area (Å²) in [5.41, 5.74) is -8.64. The van der Waals surface area contributed by atoms with E-state index in [0.717, 1.165) is 24.3 Å². The number of aromatic nitrogens is 1. The van der Waals surface area contributed by atoms with Gasteiger partial charge in [0.2, 0.25) is 17.9 Å². The molecular formula is C21HF8N7. The molecule has 0 bridgehead atoms. The molecule has 0 radical (unpaired) electrons. The maximum atomic E-state index is 15.1. The van der Waals surface area contributed by atoms with Gasteiger partial charge in [-0.3, -0.25) is 4.90 Å². The van der Waals surface area contributed by atoms with Crippen LogP contribution in [-0.2, 0) is 0 Å². The van der Waals surface area contributed by atoms with Crippen molar-refractivity contribution in [1.82, 2.24) is 9.88 Å². The highest BCUT2D eigenvalue weighted by Gasteiger charge is 2.48. The number of hydrogen-bond acceptors (Lipinski definition) is 7. The van der Waals surface area contributed by atoms with Gasteiger partial charge in [0.25, 0.3) is 0 Å². The molecule has 1 unspecified atom stereocenters. The predicted molar refractivity (Wildman–Crippen MR) is 100 cm³/mol. The highest BCUT2D eigenvalue weighted by Crippen LogP contribution is 2.48. The van der Waals surface area contributed by atoms with Crippen LogP contribution < -0.4 is 10.6 Å². The molecule has 4 rings (SSSR count). The molecule has 0 spiro atoms. The molecule has 0 aliphatic carbocycles. The number of halogens is 8. The molecule has 3 aliphatic rings. The molecule has 0 fully saturated rings. The number of hydrogen-bond donors (Lipinski definition) is 0. The van der Waals surface area contributed by atoms with Crippen LogP contribution in [0.15, 0.2) is 45.1 Å². The number of nitriles is 4. The molecule has 3 aliphatic heterocycles. The SMILES string of the molecule is N#CC(C#N)=C1C(F)=NC2C(=C1F)C(F)=C(F)C1=c3nc(F)c(=C(C#N)C#N)c(F)c3C(F)=C(F)N12. The molecule has 0 N–H and O–H groups in total. The lowest BCUT2D eigenvalue weighted by atomic mass is 9.93. The lowest BCUT2D eigenvalue weighted by Gasteiger charge is -2.38. The second kappa shape index (κ2) is 8.19. The quantitative estimate of drug-likeness (QED) is 0.232. The summed E-state index contributed by atoms with van der Waals surface area (Å²) >= 11 is 0. The average molecular weight is 503 g/mol. The maximum absolute atomic E-state index is 15.1. The third-order valence-electron chi connectivity index (χ3n) is 5.15. The van der Waals surface area contributed by atoms with Crippen LogP contribution in [0, 0.1) is 57.1 Å². The Bertz CT molecular complexity index is 1740. The number of dihydropyridines is 1. The zero-order chi connectivity index (χ0) is 26.6. The lowest BCUT2D eigenvalue weighted by Crippen LogP contribution is -2.46. The Morgan fingerprint density at radius 2 is 1.33 bits per heavy atom. The van der Waals surface area contributed by atoms with E-state index in [9.17, 15) is 26.3 Å². The summed E-state index contributed by atoms with van der Waals surface area (Å²) in [6.45, 7) is 0. The topological polar surface area (TPSA) is 124 Å². The summed E-state index contributed by atoms with van der Waals surface area (Å²) in [6, 6.07) is 4.45. The smallest absolute Gasteiger partial charge is 0.233 e. The van der Waals surface area contributed by atoms with Gasteiger partial charge >= 0.3 is 0 Å². The van der Waals surface area contributed by atoms with E-state index in [0.29, 0.717) is 0 Å². The largest absolute Gasteiger partial charge is 0.283 e. The Kier molecular flexibility index (Phi) is 5.43. The van der Waals surface area contributed by atoms with Gasteiger partial charge < -0.3 is 0 Å². The van der Waals surface area contributed by atoms with E-state index in [1.54, 1.807) is 0 Å². The van der Waals surface area contributed by atoms with Crippen LogP contribution in [0.2, 0.25) is 0 Å². The normalized spacial score (nSPS) is 18.4. The number of pyridine rings is 1. The van der Waals surface area contributed by atoms with Gasteiger partial charge in [-0.05, 0) is 0 Å². The zero-order valence-electron chi connectivity index (χ0n) is 16.7. The summed E-state index contributed by atoms with van der Waals surface area (Å²) in [5.74, 6) is -17.0. The number of allylic oxidation sites excluding steroid dienone is 3. The van der Waals surface area contributed by atoms with Crippen molar-refractivity contribution in [2.75, 3.05) is 0 Å². The first-order valence-electron chi connectivity index (χ1n) is 9.08. The Morgan fingerprint density at radius 1 is 0.750 bits per heavy atom. The van der Waals surface area contributed by atoms with Crippen LogP contribution in [-0.4, -0.2) is 22.0 Å². The maximum Gasteiger partial charge on any atom is 0.233 e. The molecule has 0 amide bonds. The molecule has 15 heteroatoms. The summed E-state index contributed by atoms with van der Waals surface area (Å²) in [4.78, 5) is 5.89. The van der Waals surface area contributed by atoms with Gasteiger partial charge in [-0.15, -0.1) is 0 Å². The van der Waals surface area contributed by atoms with Gasteiger partial charge in [0.15, 0.2) is 23.6 Å². The minimum atomic E-state index is -2.58. The Morgan fingerprint density at radius 3 is 1.89 bits per heavy atom. The van der Waals surface area contributed by atoms with Gasteiger partial charge in [-0.25, -0.2) is 31.9 Å². The van der Waals surface area contributed by atoms with E-state index in [2.05, 4.69) is 9.98 Å². The Hall–Kier alpha value is -5.28. The van der Waals surface area contributed by atoms with Crippen molar-refractivity contribution < 1.29 is 35.1 Å². The summed E-state index contributed by atoms with van der Waals surface area (Å²) in [7, 11) is 0. The summed E-state index contributed by atoms with van der Waals surface area (Å²) in [6.07, 6.45) is -2.58. The van der Waals surface area contributed by atoms with Gasteiger partial charge in [-0.1, -0.05) is 0 Å². The van der Waals surface area contributed by atoms with E-state index >= 15 is 8.78 Å².